The Hall–Kier alpha value is 0.116. The van der Waals surface area contributed by atoms with Gasteiger partial charge < -0.3 is 0 Å². The molecule has 0 fully saturated rings. The third-order valence-electron chi connectivity index (χ3n) is 0.655. The van der Waals surface area contributed by atoms with E-state index in [1.807, 2.05) is 0 Å². The van der Waals surface area contributed by atoms with Gasteiger partial charge in [-0.1, -0.05) is 24.3 Å². The van der Waals surface area contributed by atoms with Crippen molar-refractivity contribution >= 4 is 17.4 Å². The normalized spacial score (nSPS) is 12.8. The summed E-state index contributed by atoms with van der Waals surface area (Å²) in [6.45, 7) is 0. The summed E-state index contributed by atoms with van der Waals surface area (Å²) < 4.78 is 0. The van der Waals surface area contributed by atoms with E-state index in [9.17, 15) is 0 Å². The molecule has 8 heavy (non-hydrogen) atoms. The average Bonchev–Trinajstić information content (AvgIpc) is 2.17. The van der Waals surface area contributed by atoms with Crippen LogP contribution in [0, 0.1) is 0 Å². The summed E-state index contributed by atoms with van der Waals surface area (Å²) in [5.74, 6) is 0. The van der Waals surface area contributed by atoms with Crippen molar-refractivity contribution in [2.75, 3.05) is 0 Å². The van der Waals surface area contributed by atoms with Gasteiger partial charge in [0.2, 0.25) is 0 Å². The first kappa shape index (κ1) is 8.12. The molecule has 0 aromatic rings. The monoisotopic (exact) mass is 165 g/mol. The molecule has 1 aliphatic carbocycles. The van der Waals surface area contributed by atoms with Crippen LogP contribution >= 0.6 is 0 Å². The quantitative estimate of drug-likeness (QED) is 0.484. The van der Waals surface area contributed by atoms with E-state index < -0.39 is 0 Å². The SMILES string of the molecule is C1=CCC=C1.[CH3][Ga][CH3]. The Bertz CT molecular complexity index is 72.4. The molecule has 0 aromatic carbocycles. The predicted octanol–water partition coefficient (Wildman–Crippen LogP) is 2.29. The number of allylic oxidation sites excluding steroid dienone is 4. The van der Waals surface area contributed by atoms with Crippen LogP contribution in [0.4, 0.5) is 0 Å². The fraction of sp³-hybridized carbons (Fsp3) is 0.429. The molecular formula is C7H12Ga. The van der Waals surface area contributed by atoms with E-state index in [1.165, 1.54) is 0 Å². The second-order valence-corrected chi connectivity index (χ2v) is 4.09. The van der Waals surface area contributed by atoms with Crippen LogP contribution in [0.2, 0.25) is 11.0 Å². The van der Waals surface area contributed by atoms with Crippen molar-refractivity contribution in [3.63, 3.8) is 0 Å². The predicted molar refractivity (Wildman–Crippen MR) is 40.4 cm³/mol. The summed E-state index contributed by atoms with van der Waals surface area (Å²) in [4.78, 5) is 0. The molecule has 1 aliphatic rings. The Labute approximate surface area is 59.5 Å². The first-order valence-electron chi connectivity index (χ1n) is 2.97. The van der Waals surface area contributed by atoms with Crippen LogP contribution in [0.3, 0.4) is 0 Å². The third kappa shape index (κ3) is 6.12. The van der Waals surface area contributed by atoms with Crippen LogP contribution in [-0.4, -0.2) is 17.4 Å². The molecule has 43 valence electrons. The van der Waals surface area contributed by atoms with Crippen molar-refractivity contribution in [1.82, 2.24) is 0 Å². The maximum atomic E-state index is 2.28. The van der Waals surface area contributed by atoms with Crippen LogP contribution in [0.1, 0.15) is 6.42 Å². The zero-order valence-corrected chi connectivity index (χ0v) is 8.02. The number of hydrogen-bond donors (Lipinski definition) is 0. The zero-order valence-electron chi connectivity index (χ0n) is 5.59. The summed E-state index contributed by atoms with van der Waals surface area (Å²) in [6.07, 6.45) is 9.50. The van der Waals surface area contributed by atoms with Gasteiger partial charge >= 0.3 is 28.4 Å². The van der Waals surface area contributed by atoms with Crippen molar-refractivity contribution in [2.45, 2.75) is 17.4 Å². The Morgan fingerprint density at radius 3 is 1.62 bits per heavy atom. The van der Waals surface area contributed by atoms with E-state index in [-0.39, 0.29) is 0 Å². The van der Waals surface area contributed by atoms with Gasteiger partial charge in [0.25, 0.3) is 0 Å². The van der Waals surface area contributed by atoms with Crippen molar-refractivity contribution in [3.8, 4) is 0 Å². The topological polar surface area (TPSA) is 0 Å². The first-order chi connectivity index (χ1) is 3.91. The molecular weight excluding hydrogens is 154 g/mol. The summed E-state index contributed by atoms with van der Waals surface area (Å²) in [5.41, 5.74) is 4.56. The van der Waals surface area contributed by atoms with E-state index in [4.69, 9.17) is 0 Å². The molecule has 0 amide bonds. The molecule has 0 bridgehead atoms. The van der Waals surface area contributed by atoms with Crippen LogP contribution in [0.15, 0.2) is 24.3 Å². The molecule has 1 radical (unpaired) electrons. The Morgan fingerprint density at radius 1 is 1.12 bits per heavy atom. The molecule has 1 heteroatoms. The van der Waals surface area contributed by atoms with Crippen LogP contribution in [-0.2, 0) is 0 Å². The Kier molecular flexibility index (Phi) is 7.22. The first-order valence-corrected chi connectivity index (χ1v) is 7.82. The van der Waals surface area contributed by atoms with E-state index in [0.29, 0.717) is 17.4 Å². The summed E-state index contributed by atoms with van der Waals surface area (Å²) in [6, 6.07) is 0. The molecule has 0 aliphatic heterocycles. The fourth-order valence-corrected chi connectivity index (χ4v) is 0.393. The van der Waals surface area contributed by atoms with Crippen LogP contribution in [0.25, 0.3) is 0 Å². The van der Waals surface area contributed by atoms with Gasteiger partial charge in [0.05, 0.1) is 0 Å². The second-order valence-electron chi connectivity index (χ2n) is 1.67. The van der Waals surface area contributed by atoms with Crippen molar-refractivity contribution in [1.29, 1.82) is 0 Å². The number of rotatable bonds is 0. The summed E-state index contributed by atoms with van der Waals surface area (Å²) >= 11 is 0.312. The van der Waals surface area contributed by atoms with Gasteiger partial charge in [0, 0.05) is 0 Å². The summed E-state index contributed by atoms with van der Waals surface area (Å²) in [7, 11) is 0. The van der Waals surface area contributed by atoms with Gasteiger partial charge in [-0.3, -0.25) is 0 Å². The van der Waals surface area contributed by atoms with E-state index >= 15 is 0 Å². The van der Waals surface area contributed by atoms with Crippen molar-refractivity contribution < 1.29 is 0 Å². The molecule has 0 nitrogen and oxygen atoms in total. The Morgan fingerprint density at radius 2 is 1.50 bits per heavy atom. The Balaban J connectivity index is 0.000000145. The molecule has 1 rings (SSSR count). The molecule has 0 unspecified atom stereocenters. The van der Waals surface area contributed by atoms with Crippen molar-refractivity contribution in [3.05, 3.63) is 24.3 Å². The molecule has 0 spiro atoms. The average molecular weight is 166 g/mol. The van der Waals surface area contributed by atoms with Gasteiger partial charge in [-0.15, -0.1) is 0 Å². The zero-order chi connectivity index (χ0) is 6.24. The van der Waals surface area contributed by atoms with E-state index in [1.54, 1.807) is 0 Å². The summed E-state index contributed by atoms with van der Waals surface area (Å²) in [5, 5.41) is 0. The van der Waals surface area contributed by atoms with E-state index in [2.05, 4.69) is 35.3 Å². The van der Waals surface area contributed by atoms with E-state index in [0.717, 1.165) is 6.42 Å². The molecule has 0 aromatic heterocycles. The van der Waals surface area contributed by atoms with Gasteiger partial charge in [-0.2, -0.15) is 0 Å². The van der Waals surface area contributed by atoms with Crippen LogP contribution < -0.4 is 0 Å². The number of hydrogen-bond acceptors (Lipinski definition) is 0. The van der Waals surface area contributed by atoms with Gasteiger partial charge in [0.15, 0.2) is 0 Å². The molecule has 0 atom stereocenters. The van der Waals surface area contributed by atoms with Crippen molar-refractivity contribution in [2.24, 2.45) is 0 Å². The maximum absolute atomic E-state index is 2.28. The molecule has 0 saturated heterocycles. The fourth-order valence-electron chi connectivity index (χ4n) is 0.393. The molecule has 0 N–H and O–H groups in total. The minimum atomic E-state index is 0.312. The van der Waals surface area contributed by atoms with Gasteiger partial charge in [-0.25, -0.2) is 0 Å². The second kappa shape index (κ2) is 7.12. The van der Waals surface area contributed by atoms with Gasteiger partial charge in [-0.05, 0) is 6.42 Å². The molecule has 0 saturated carbocycles. The van der Waals surface area contributed by atoms with Gasteiger partial charge in [0.1, 0.15) is 0 Å². The molecule has 0 heterocycles. The van der Waals surface area contributed by atoms with Crippen LogP contribution in [0.5, 0.6) is 0 Å². The third-order valence-corrected chi connectivity index (χ3v) is 0.655. The minimum absolute atomic E-state index is 0.312. The standard InChI is InChI=1S/C5H6.2CH3.Ga/c1-2-4-5-3-1;;;/h1-4H,5H2;2*1H3;.